The van der Waals surface area contributed by atoms with Crippen LogP contribution < -0.4 is 4.74 Å². The second kappa shape index (κ2) is 10.9. The first kappa shape index (κ1) is 22.0. The lowest BCUT2D eigenvalue weighted by atomic mass is 10.2. The van der Waals surface area contributed by atoms with Crippen LogP contribution in [0.3, 0.4) is 0 Å². The second-order valence-electron chi connectivity index (χ2n) is 7.38. The lowest BCUT2D eigenvalue weighted by molar-refractivity contribution is 0.255. The van der Waals surface area contributed by atoms with Crippen LogP contribution in [0.25, 0.3) is 0 Å². The van der Waals surface area contributed by atoms with Gasteiger partial charge in [0.05, 0.1) is 5.69 Å². The van der Waals surface area contributed by atoms with Crippen molar-refractivity contribution in [3.8, 4) is 5.75 Å². The van der Waals surface area contributed by atoms with Gasteiger partial charge < -0.3 is 4.74 Å². The summed E-state index contributed by atoms with van der Waals surface area (Å²) in [6.45, 7) is 2.48. The zero-order valence-electron chi connectivity index (χ0n) is 17.5. The molecule has 7 heteroatoms. The molecule has 0 saturated carbocycles. The van der Waals surface area contributed by atoms with Gasteiger partial charge in [0, 0.05) is 43.3 Å². The number of benzene rings is 2. The smallest absolute Gasteiger partial charge is 0.140 e. The molecule has 0 fully saturated rings. The Bertz CT molecular complexity index is 1100. The molecule has 0 bridgehead atoms. The number of halogens is 2. The average molecular weight is 452 g/mol. The SMILES string of the molecule is Fc1ccc(CN(CCc2ccccn2)Cc2csc(COc3ccc(F)cc3)n2)cc1. The fourth-order valence-corrected chi connectivity index (χ4v) is 3.97. The fourth-order valence-electron chi connectivity index (χ4n) is 3.27. The molecular weight excluding hydrogens is 428 g/mol. The van der Waals surface area contributed by atoms with Crippen LogP contribution in [0.1, 0.15) is 22.0 Å². The molecule has 0 saturated heterocycles. The molecule has 4 rings (SSSR count). The van der Waals surface area contributed by atoms with Crippen molar-refractivity contribution >= 4 is 11.3 Å². The highest BCUT2D eigenvalue weighted by Crippen LogP contribution is 2.18. The van der Waals surface area contributed by atoms with Gasteiger partial charge >= 0.3 is 0 Å². The van der Waals surface area contributed by atoms with Crippen LogP contribution in [0.5, 0.6) is 5.75 Å². The van der Waals surface area contributed by atoms with Gasteiger partial charge in [-0.1, -0.05) is 18.2 Å². The summed E-state index contributed by atoms with van der Waals surface area (Å²) < 4.78 is 32.0. The normalized spacial score (nSPS) is 11.1. The van der Waals surface area contributed by atoms with Gasteiger partial charge in [0.25, 0.3) is 0 Å². The summed E-state index contributed by atoms with van der Waals surface area (Å²) in [7, 11) is 0. The maximum absolute atomic E-state index is 13.3. The minimum atomic E-state index is -0.291. The molecule has 4 nitrogen and oxygen atoms in total. The van der Waals surface area contributed by atoms with Gasteiger partial charge in [-0.05, 0) is 54.1 Å². The van der Waals surface area contributed by atoms with Crippen molar-refractivity contribution in [1.82, 2.24) is 14.9 Å². The van der Waals surface area contributed by atoms with Crippen LogP contribution in [-0.4, -0.2) is 21.4 Å². The van der Waals surface area contributed by atoms with Crippen LogP contribution in [0, 0.1) is 11.6 Å². The number of aromatic nitrogens is 2. The van der Waals surface area contributed by atoms with Crippen molar-refractivity contribution in [3.63, 3.8) is 0 Å². The Morgan fingerprint density at radius 3 is 2.31 bits per heavy atom. The highest BCUT2D eigenvalue weighted by molar-refractivity contribution is 7.09. The Balaban J connectivity index is 1.39. The maximum atomic E-state index is 13.3. The summed E-state index contributed by atoms with van der Waals surface area (Å²) in [5.74, 6) is 0.0800. The quantitative estimate of drug-likeness (QED) is 0.313. The van der Waals surface area contributed by atoms with Gasteiger partial charge in [0.15, 0.2) is 0 Å². The Hall–Kier alpha value is -3.16. The molecule has 32 heavy (non-hydrogen) atoms. The first-order valence-corrected chi connectivity index (χ1v) is 11.2. The highest BCUT2D eigenvalue weighted by atomic mass is 32.1. The van der Waals surface area contributed by atoms with Gasteiger partial charge in [-0.25, -0.2) is 13.8 Å². The molecule has 2 aromatic carbocycles. The lowest BCUT2D eigenvalue weighted by Gasteiger charge is -2.21. The second-order valence-corrected chi connectivity index (χ2v) is 8.33. The first-order chi connectivity index (χ1) is 15.6. The average Bonchev–Trinajstić information content (AvgIpc) is 3.26. The third-order valence-corrected chi connectivity index (χ3v) is 5.76. The van der Waals surface area contributed by atoms with E-state index in [1.807, 2.05) is 35.7 Å². The van der Waals surface area contributed by atoms with E-state index < -0.39 is 0 Å². The van der Waals surface area contributed by atoms with Crippen LogP contribution in [0.2, 0.25) is 0 Å². The number of nitrogens with zero attached hydrogens (tertiary/aromatic N) is 3. The minimum Gasteiger partial charge on any atom is -0.486 e. The molecule has 0 amide bonds. The van der Waals surface area contributed by atoms with E-state index in [0.717, 1.165) is 34.9 Å². The number of pyridine rings is 1. The van der Waals surface area contributed by atoms with E-state index in [1.54, 1.807) is 18.3 Å². The molecule has 0 aliphatic carbocycles. The molecule has 0 atom stereocenters. The molecule has 0 radical (unpaired) electrons. The number of hydrogen-bond acceptors (Lipinski definition) is 5. The molecule has 0 aliphatic rings. The highest BCUT2D eigenvalue weighted by Gasteiger charge is 2.12. The van der Waals surface area contributed by atoms with E-state index in [2.05, 4.69) is 9.88 Å². The van der Waals surface area contributed by atoms with E-state index in [0.29, 0.717) is 25.4 Å². The van der Waals surface area contributed by atoms with Gasteiger partial charge in [-0.3, -0.25) is 9.88 Å². The molecule has 0 unspecified atom stereocenters. The molecule has 2 heterocycles. The van der Waals surface area contributed by atoms with Gasteiger partial charge in [-0.2, -0.15) is 0 Å². The Morgan fingerprint density at radius 2 is 1.59 bits per heavy atom. The fraction of sp³-hybridized carbons (Fsp3) is 0.200. The Labute approximate surface area is 190 Å². The van der Waals surface area contributed by atoms with E-state index in [9.17, 15) is 8.78 Å². The minimum absolute atomic E-state index is 0.237. The number of rotatable bonds is 10. The van der Waals surface area contributed by atoms with Gasteiger partial charge in [0.2, 0.25) is 0 Å². The maximum Gasteiger partial charge on any atom is 0.140 e. The first-order valence-electron chi connectivity index (χ1n) is 10.3. The van der Waals surface area contributed by atoms with Crippen LogP contribution in [0.15, 0.2) is 78.3 Å². The summed E-state index contributed by atoms with van der Waals surface area (Å²) in [6.07, 6.45) is 2.61. The molecule has 164 valence electrons. The molecule has 0 N–H and O–H groups in total. The Morgan fingerprint density at radius 1 is 0.844 bits per heavy atom. The van der Waals surface area contributed by atoms with E-state index in [1.165, 1.54) is 35.6 Å². The molecule has 2 aromatic heterocycles. The van der Waals surface area contributed by atoms with Crippen LogP contribution in [0.4, 0.5) is 8.78 Å². The summed E-state index contributed by atoms with van der Waals surface area (Å²) in [6, 6.07) is 18.5. The number of thiazole rings is 1. The molecular formula is C25H23F2N3OS. The Kier molecular flexibility index (Phi) is 7.53. The number of ether oxygens (including phenoxy) is 1. The summed E-state index contributed by atoms with van der Waals surface area (Å²) in [5, 5.41) is 2.89. The monoisotopic (exact) mass is 451 g/mol. The number of hydrogen-bond donors (Lipinski definition) is 0. The van der Waals surface area contributed by atoms with Gasteiger partial charge in [0.1, 0.15) is 29.0 Å². The van der Waals surface area contributed by atoms with E-state index >= 15 is 0 Å². The zero-order chi connectivity index (χ0) is 22.2. The van der Waals surface area contributed by atoms with Crippen molar-refractivity contribution in [2.45, 2.75) is 26.1 Å². The van der Waals surface area contributed by atoms with Gasteiger partial charge in [-0.15, -0.1) is 11.3 Å². The zero-order valence-corrected chi connectivity index (χ0v) is 18.3. The predicted octanol–water partition coefficient (Wildman–Crippen LogP) is 5.64. The van der Waals surface area contributed by atoms with Crippen molar-refractivity contribution in [2.24, 2.45) is 0 Å². The largest absolute Gasteiger partial charge is 0.486 e. The van der Waals surface area contributed by atoms with Crippen molar-refractivity contribution in [2.75, 3.05) is 6.54 Å². The lowest BCUT2D eigenvalue weighted by Crippen LogP contribution is -2.25. The van der Waals surface area contributed by atoms with Crippen molar-refractivity contribution in [1.29, 1.82) is 0 Å². The summed E-state index contributed by atoms with van der Waals surface area (Å²) in [5.41, 5.74) is 3.03. The van der Waals surface area contributed by atoms with Crippen LogP contribution in [-0.2, 0) is 26.1 Å². The van der Waals surface area contributed by atoms with Crippen molar-refractivity contribution in [3.05, 3.63) is 112 Å². The molecule has 0 aliphatic heterocycles. The van der Waals surface area contributed by atoms with Crippen LogP contribution >= 0.6 is 11.3 Å². The third-order valence-electron chi connectivity index (χ3n) is 4.89. The molecule has 0 spiro atoms. The topological polar surface area (TPSA) is 38.2 Å². The van der Waals surface area contributed by atoms with E-state index in [-0.39, 0.29) is 11.6 Å². The molecule has 4 aromatic rings. The summed E-state index contributed by atoms with van der Waals surface area (Å²) in [4.78, 5) is 11.4. The third kappa shape index (κ3) is 6.67. The van der Waals surface area contributed by atoms with Crippen molar-refractivity contribution < 1.29 is 13.5 Å². The predicted molar refractivity (Wildman–Crippen MR) is 121 cm³/mol. The summed E-state index contributed by atoms with van der Waals surface area (Å²) >= 11 is 1.54. The van der Waals surface area contributed by atoms with E-state index in [4.69, 9.17) is 9.72 Å². The standard InChI is InChI=1S/C25H23F2N3OS/c26-20-6-4-19(5-7-20)15-30(14-12-22-3-1-2-13-28-22)16-23-18-32-25(29-23)17-31-24-10-8-21(27)9-11-24/h1-11,13,18H,12,14-17H2.